The Morgan fingerprint density at radius 3 is 1.27 bits per heavy atom. The maximum atomic E-state index is 11.6. The maximum absolute atomic E-state index is 11.6. The summed E-state index contributed by atoms with van der Waals surface area (Å²) in [5, 5.41) is 0. The molecule has 0 aromatic carbocycles. The van der Waals surface area contributed by atoms with E-state index in [-0.39, 0.29) is 11.1 Å². The van der Waals surface area contributed by atoms with E-state index in [0.29, 0.717) is 0 Å². The van der Waals surface area contributed by atoms with Crippen molar-refractivity contribution < 1.29 is 9.59 Å². The fraction of sp³-hybridized carbons (Fsp3) is 0.750. The molecule has 0 atom stereocenters. The van der Waals surface area contributed by atoms with Gasteiger partial charge in [-0.05, 0) is 0 Å². The van der Waals surface area contributed by atoms with Gasteiger partial charge >= 0.3 is 106 Å². The summed E-state index contributed by atoms with van der Waals surface area (Å²) in [5.41, 5.74) is 0.350. The van der Waals surface area contributed by atoms with Crippen LogP contribution in [-0.2, 0) is 0 Å². The van der Waals surface area contributed by atoms with Gasteiger partial charge in [0, 0.05) is 0 Å². The molecule has 0 aromatic heterocycles. The minimum absolute atomic E-state index is 0.175. The molecule has 0 aliphatic rings. The molecule has 7 heteroatoms. The summed E-state index contributed by atoms with van der Waals surface area (Å²) in [6.07, 6.45) is 0. The van der Waals surface area contributed by atoms with Crippen LogP contribution in [0, 0.1) is 0 Å². The Morgan fingerprint density at radius 2 is 1.07 bits per heavy atom. The first-order chi connectivity index (χ1) is 6.55. The van der Waals surface area contributed by atoms with E-state index < -0.39 is 39.6 Å². The van der Waals surface area contributed by atoms with Crippen LogP contribution in [0.1, 0.15) is 0 Å². The topological polar surface area (TPSA) is 58.2 Å². The number of hydrogen-bond donors (Lipinski definition) is 2. The normalized spacial score (nSPS) is 11.9. The molecule has 0 spiro atoms. The molecule has 0 fully saturated rings. The SMILES string of the molecule is C[Si](C)(C)C(=O)[NH][InH][NH]C(=O)[Si](C)(C)C. The third-order valence-corrected chi connectivity index (χ3v) is 9.80. The average Bonchev–Trinajstić information content (AvgIpc) is 2.00. The predicted molar refractivity (Wildman–Crippen MR) is 70.9 cm³/mol. The van der Waals surface area contributed by atoms with Gasteiger partial charge in [0.25, 0.3) is 0 Å². The van der Waals surface area contributed by atoms with Crippen molar-refractivity contribution in [3.63, 3.8) is 0 Å². The zero-order valence-corrected chi connectivity index (χ0v) is 16.6. The van der Waals surface area contributed by atoms with E-state index in [4.69, 9.17) is 0 Å². The Hall–Kier alpha value is 0.244. The molecule has 0 saturated carbocycles. The monoisotopic (exact) mass is 348 g/mol. The summed E-state index contributed by atoms with van der Waals surface area (Å²) < 4.78 is 5.90. The number of rotatable bonds is 4. The van der Waals surface area contributed by atoms with Gasteiger partial charge in [-0.3, -0.25) is 0 Å². The van der Waals surface area contributed by atoms with Gasteiger partial charge in [-0.1, -0.05) is 0 Å². The summed E-state index contributed by atoms with van der Waals surface area (Å²) >= 11 is -1.60. The van der Waals surface area contributed by atoms with Crippen molar-refractivity contribution in [2.45, 2.75) is 39.3 Å². The fourth-order valence-electron chi connectivity index (χ4n) is 0.735. The Morgan fingerprint density at radius 1 is 0.800 bits per heavy atom. The number of carbonyl (C=O) groups excluding carboxylic acids is 2. The Balaban J connectivity index is 3.92. The second-order valence-electron chi connectivity index (χ2n) is 5.69. The standard InChI is InChI=1S/2C4H11NOSi.In.H/c2*1-7(2,3)4(5)6;;/h2*1-3H3,(H2,5,6);;/q;;+2;/p-2. The van der Waals surface area contributed by atoms with Crippen molar-refractivity contribution in [3.05, 3.63) is 0 Å². The van der Waals surface area contributed by atoms with Gasteiger partial charge in [0.05, 0.1) is 0 Å². The first-order valence-electron chi connectivity index (χ1n) is 5.12. The number of hydrogen-bond acceptors (Lipinski definition) is 2. The van der Waals surface area contributed by atoms with Crippen LogP contribution in [0.2, 0.25) is 39.3 Å². The van der Waals surface area contributed by atoms with Gasteiger partial charge in [0.2, 0.25) is 0 Å². The molecule has 15 heavy (non-hydrogen) atoms. The van der Waals surface area contributed by atoms with Gasteiger partial charge < -0.3 is 0 Å². The molecule has 0 radical (unpaired) electrons. The Bertz CT molecular complexity index is 232. The molecule has 0 aliphatic heterocycles. The molecule has 0 aromatic rings. The zero-order valence-electron chi connectivity index (χ0n) is 10.5. The quantitative estimate of drug-likeness (QED) is 0.757. The zero-order chi connectivity index (χ0) is 12.3. The molecule has 86 valence electrons. The molecule has 2 amide bonds. The van der Waals surface area contributed by atoms with Crippen molar-refractivity contribution >= 4 is 50.7 Å². The minimum atomic E-state index is -1.72. The first kappa shape index (κ1) is 15.2. The van der Waals surface area contributed by atoms with Gasteiger partial charge in [-0.15, -0.1) is 0 Å². The average molecular weight is 348 g/mol. The summed E-state index contributed by atoms with van der Waals surface area (Å²) in [5.74, 6) is 0. The van der Waals surface area contributed by atoms with Gasteiger partial charge in [0.15, 0.2) is 0 Å². The van der Waals surface area contributed by atoms with E-state index in [1.54, 1.807) is 0 Å². The van der Waals surface area contributed by atoms with Gasteiger partial charge in [-0.2, -0.15) is 0 Å². The predicted octanol–water partition coefficient (Wildman–Crippen LogP) is 1.51. The van der Waals surface area contributed by atoms with E-state index in [1.165, 1.54) is 0 Å². The van der Waals surface area contributed by atoms with Crippen LogP contribution in [0.3, 0.4) is 0 Å². The second-order valence-corrected chi connectivity index (χ2v) is 18.6. The van der Waals surface area contributed by atoms with Crippen LogP contribution in [-0.4, -0.2) is 50.7 Å². The van der Waals surface area contributed by atoms with Crippen molar-refractivity contribution in [1.29, 1.82) is 0 Å². The van der Waals surface area contributed by atoms with Gasteiger partial charge in [0.1, 0.15) is 0 Å². The molecular weight excluding hydrogens is 327 g/mol. The number of nitrogens with one attached hydrogen (secondary N) is 2. The van der Waals surface area contributed by atoms with Crippen molar-refractivity contribution in [1.82, 2.24) is 6.61 Å². The van der Waals surface area contributed by atoms with Crippen LogP contribution in [0.5, 0.6) is 0 Å². The second kappa shape index (κ2) is 5.54. The third-order valence-electron chi connectivity index (χ3n) is 1.86. The number of carbonyl (C=O) groups is 2. The molecule has 0 rings (SSSR count). The van der Waals surface area contributed by atoms with E-state index in [0.717, 1.165) is 0 Å². The molecular formula is C8H21InN2O2Si2. The van der Waals surface area contributed by atoms with Crippen molar-refractivity contribution in [2.24, 2.45) is 0 Å². The van der Waals surface area contributed by atoms with E-state index in [1.807, 2.05) is 39.3 Å². The van der Waals surface area contributed by atoms with Crippen molar-refractivity contribution in [2.75, 3.05) is 0 Å². The first-order valence-corrected chi connectivity index (χ1v) is 16.2. The van der Waals surface area contributed by atoms with Gasteiger partial charge in [-0.25, -0.2) is 0 Å². The molecule has 2 N–H and O–H groups in total. The Kier molecular flexibility index (Phi) is 5.63. The van der Waals surface area contributed by atoms with Crippen molar-refractivity contribution in [3.8, 4) is 0 Å². The van der Waals surface area contributed by atoms with Crippen LogP contribution >= 0.6 is 0 Å². The van der Waals surface area contributed by atoms with Crippen LogP contribution in [0.4, 0.5) is 9.59 Å². The molecule has 0 saturated heterocycles. The molecule has 4 nitrogen and oxygen atoms in total. The van der Waals surface area contributed by atoms with Crippen LogP contribution in [0.25, 0.3) is 0 Å². The summed E-state index contributed by atoms with van der Waals surface area (Å²) in [7, 11) is -3.43. The summed E-state index contributed by atoms with van der Waals surface area (Å²) in [6.45, 7) is 12.1. The molecule has 0 unspecified atom stereocenters. The Labute approximate surface area is 106 Å². The van der Waals surface area contributed by atoms with Crippen LogP contribution in [0.15, 0.2) is 0 Å². The molecule has 0 heterocycles. The molecule has 0 aliphatic carbocycles. The summed E-state index contributed by atoms with van der Waals surface area (Å²) in [4.78, 5) is 23.1. The van der Waals surface area contributed by atoms with E-state index >= 15 is 0 Å². The summed E-state index contributed by atoms with van der Waals surface area (Å²) in [6, 6.07) is 0. The van der Waals surface area contributed by atoms with E-state index in [2.05, 4.69) is 6.61 Å². The number of amides is 2. The van der Waals surface area contributed by atoms with Crippen LogP contribution < -0.4 is 6.61 Å². The third kappa shape index (κ3) is 6.42. The van der Waals surface area contributed by atoms with E-state index in [9.17, 15) is 9.59 Å². The fourth-order valence-corrected chi connectivity index (χ4v) is 13.2. The molecule has 0 bridgehead atoms.